The lowest BCUT2D eigenvalue weighted by atomic mass is 9.88. The summed E-state index contributed by atoms with van der Waals surface area (Å²) >= 11 is 0. The summed E-state index contributed by atoms with van der Waals surface area (Å²) in [7, 11) is 3.52. The van der Waals surface area contributed by atoms with E-state index >= 15 is 0 Å². The fourth-order valence-electron chi connectivity index (χ4n) is 3.29. The number of likely N-dealkylation sites (tertiary alicyclic amines) is 1. The Labute approximate surface area is 151 Å². The molecular weight excluding hydrogens is 395 g/mol. The molecule has 0 aromatic carbocycles. The Kier molecular flexibility index (Phi) is 9.62. The maximum Gasteiger partial charge on any atom is 0.191 e. The minimum atomic E-state index is 0. The second-order valence-electron chi connectivity index (χ2n) is 5.88. The van der Waals surface area contributed by atoms with E-state index in [1.165, 1.54) is 25.9 Å². The van der Waals surface area contributed by atoms with Crippen LogP contribution >= 0.6 is 24.0 Å². The first kappa shape index (κ1) is 19.9. The van der Waals surface area contributed by atoms with Crippen LogP contribution in [0.15, 0.2) is 4.99 Å². The van der Waals surface area contributed by atoms with Gasteiger partial charge in [-0.05, 0) is 38.8 Å². The van der Waals surface area contributed by atoms with Crippen molar-refractivity contribution in [3.8, 4) is 0 Å². The normalized spacial score (nSPS) is 22.2. The summed E-state index contributed by atoms with van der Waals surface area (Å²) in [5, 5.41) is 6.78. The lowest BCUT2D eigenvalue weighted by molar-refractivity contribution is -0.0164. The largest absolute Gasteiger partial charge is 0.383 e. The monoisotopic (exact) mass is 426 g/mol. The Hall–Kier alpha value is -0.120. The van der Waals surface area contributed by atoms with Crippen LogP contribution in [-0.2, 0) is 9.47 Å². The van der Waals surface area contributed by atoms with Gasteiger partial charge in [0.15, 0.2) is 5.96 Å². The second kappa shape index (κ2) is 10.6. The molecule has 2 rings (SSSR count). The number of nitrogens with zero attached hydrogens (tertiary/aromatic N) is 2. The van der Waals surface area contributed by atoms with E-state index in [1.54, 1.807) is 7.11 Å². The van der Waals surface area contributed by atoms with Gasteiger partial charge < -0.3 is 20.1 Å². The van der Waals surface area contributed by atoms with Gasteiger partial charge in [0.25, 0.3) is 0 Å². The molecule has 2 heterocycles. The number of ether oxygens (including phenoxy) is 2. The van der Waals surface area contributed by atoms with Crippen LogP contribution in [0.3, 0.4) is 0 Å². The Morgan fingerprint density at radius 1 is 1.23 bits per heavy atom. The molecule has 0 aromatic rings. The molecule has 0 atom stereocenters. The highest BCUT2D eigenvalue weighted by Gasteiger charge is 2.39. The summed E-state index contributed by atoms with van der Waals surface area (Å²) in [5.74, 6) is 0.858. The SMILES string of the molecule is CN=C(NCCOC)NCC1(N2CCCC2)CCOCC1.I. The average Bonchev–Trinajstić information content (AvgIpc) is 3.07. The molecule has 0 saturated carbocycles. The molecule has 0 amide bonds. The van der Waals surface area contributed by atoms with Crippen LogP contribution in [0, 0.1) is 0 Å². The van der Waals surface area contributed by atoms with Crippen LogP contribution < -0.4 is 10.6 Å². The van der Waals surface area contributed by atoms with Crippen LogP contribution in [0.1, 0.15) is 25.7 Å². The van der Waals surface area contributed by atoms with Gasteiger partial charge in [-0.3, -0.25) is 9.89 Å². The van der Waals surface area contributed by atoms with Gasteiger partial charge >= 0.3 is 0 Å². The smallest absolute Gasteiger partial charge is 0.191 e. The highest BCUT2D eigenvalue weighted by molar-refractivity contribution is 14.0. The van der Waals surface area contributed by atoms with E-state index in [4.69, 9.17) is 9.47 Å². The lowest BCUT2D eigenvalue weighted by Crippen LogP contribution is -2.58. The highest BCUT2D eigenvalue weighted by atomic mass is 127. The number of aliphatic imine (C=N–C) groups is 1. The fourth-order valence-corrected chi connectivity index (χ4v) is 3.29. The molecule has 0 unspecified atom stereocenters. The first-order chi connectivity index (χ1) is 10.3. The maximum absolute atomic E-state index is 5.58. The third kappa shape index (κ3) is 5.50. The summed E-state index contributed by atoms with van der Waals surface area (Å²) in [5.41, 5.74) is 0.230. The first-order valence-corrected chi connectivity index (χ1v) is 8.07. The number of guanidine groups is 1. The van der Waals surface area contributed by atoms with Gasteiger partial charge in [-0.2, -0.15) is 0 Å². The molecule has 0 spiro atoms. The van der Waals surface area contributed by atoms with Gasteiger partial charge in [0.05, 0.1) is 6.61 Å². The molecular formula is C15H31IN4O2. The van der Waals surface area contributed by atoms with Crippen LogP contribution in [0.2, 0.25) is 0 Å². The van der Waals surface area contributed by atoms with Gasteiger partial charge in [-0.1, -0.05) is 0 Å². The van der Waals surface area contributed by atoms with Gasteiger partial charge in [0.2, 0.25) is 0 Å². The minimum Gasteiger partial charge on any atom is -0.383 e. The maximum atomic E-state index is 5.58. The van der Waals surface area contributed by atoms with E-state index in [-0.39, 0.29) is 29.5 Å². The molecule has 2 saturated heterocycles. The zero-order valence-corrected chi connectivity index (χ0v) is 16.2. The van der Waals surface area contributed by atoms with Crippen molar-refractivity contribution in [2.45, 2.75) is 31.2 Å². The van der Waals surface area contributed by atoms with Gasteiger partial charge in [-0.15, -0.1) is 24.0 Å². The molecule has 0 aromatic heterocycles. The van der Waals surface area contributed by atoms with E-state index in [9.17, 15) is 0 Å². The molecule has 2 aliphatic rings. The summed E-state index contributed by atoms with van der Waals surface area (Å²) in [4.78, 5) is 6.95. The number of rotatable bonds is 6. The number of methoxy groups -OCH3 is 1. The molecule has 2 aliphatic heterocycles. The Bertz CT molecular complexity index is 330. The van der Waals surface area contributed by atoms with Crippen molar-refractivity contribution in [2.75, 3.05) is 60.2 Å². The molecule has 22 heavy (non-hydrogen) atoms. The summed E-state index contributed by atoms with van der Waals surface area (Å²) in [6, 6.07) is 0. The van der Waals surface area contributed by atoms with E-state index in [2.05, 4.69) is 20.5 Å². The van der Waals surface area contributed by atoms with Gasteiger partial charge in [-0.25, -0.2) is 0 Å². The van der Waals surface area contributed by atoms with Crippen molar-refractivity contribution in [1.82, 2.24) is 15.5 Å². The molecule has 130 valence electrons. The first-order valence-electron chi connectivity index (χ1n) is 8.07. The van der Waals surface area contributed by atoms with Crippen molar-refractivity contribution in [2.24, 2.45) is 4.99 Å². The molecule has 2 N–H and O–H groups in total. The van der Waals surface area contributed by atoms with Crippen molar-refractivity contribution < 1.29 is 9.47 Å². The number of nitrogens with one attached hydrogen (secondary N) is 2. The highest BCUT2D eigenvalue weighted by Crippen LogP contribution is 2.30. The van der Waals surface area contributed by atoms with Crippen LogP contribution in [-0.4, -0.2) is 76.6 Å². The van der Waals surface area contributed by atoms with Crippen LogP contribution in [0.25, 0.3) is 0 Å². The van der Waals surface area contributed by atoms with Crippen LogP contribution in [0.4, 0.5) is 0 Å². The number of hydrogen-bond acceptors (Lipinski definition) is 4. The summed E-state index contributed by atoms with van der Waals surface area (Å²) in [6.07, 6.45) is 4.86. The van der Waals surface area contributed by atoms with E-state index in [1.807, 2.05) is 7.05 Å². The van der Waals surface area contributed by atoms with E-state index < -0.39 is 0 Å². The van der Waals surface area contributed by atoms with E-state index in [0.717, 1.165) is 45.1 Å². The predicted octanol–water partition coefficient (Wildman–Crippen LogP) is 1.06. The quantitative estimate of drug-likeness (QED) is 0.288. The molecule has 0 bridgehead atoms. The molecule has 7 heteroatoms. The zero-order valence-electron chi connectivity index (χ0n) is 13.9. The van der Waals surface area contributed by atoms with Crippen molar-refractivity contribution in [3.63, 3.8) is 0 Å². The van der Waals surface area contributed by atoms with E-state index in [0.29, 0.717) is 6.61 Å². The third-order valence-corrected chi connectivity index (χ3v) is 4.61. The lowest BCUT2D eigenvalue weighted by Gasteiger charge is -2.45. The predicted molar refractivity (Wildman–Crippen MR) is 100 cm³/mol. The van der Waals surface area contributed by atoms with Crippen molar-refractivity contribution >= 4 is 29.9 Å². The zero-order chi connectivity index (χ0) is 15.0. The summed E-state index contributed by atoms with van der Waals surface area (Å²) < 4.78 is 10.6. The number of halogens is 1. The van der Waals surface area contributed by atoms with Crippen LogP contribution in [0.5, 0.6) is 0 Å². The Balaban J connectivity index is 0.00000242. The molecule has 6 nitrogen and oxygen atoms in total. The van der Waals surface area contributed by atoms with Gasteiger partial charge in [0, 0.05) is 46.0 Å². The topological polar surface area (TPSA) is 58.1 Å². The van der Waals surface area contributed by atoms with Crippen molar-refractivity contribution in [1.29, 1.82) is 0 Å². The third-order valence-electron chi connectivity index (χ3n) is 4.61. The fraction of sp³-hybridized carbons (Fsp3) is 0.933. The Morgan fingerprint density at radius 2 is 1.91 bits per heavy atom. The molecule has 0 radical (unpaired) electrons. The molecule has 2 fully saturated rings. The molecule has 0 aliphatic carbocycles. The van der Waals surface area contributed by atoms with Gasteiger partial charge in [0.1, 0.15) is 0 Å². The number of hydrogen-bond donors (Lipinski definition) is 2. The summed E-state index contributed by atoms with van der Waals surface area (Å²) in [6.45, 7) is 6.57. The standard InChI is InChI=1S/C15H30N4O2.HI/c1-16-14(17-7-12-20-2)18-13-15(5-10-21-11-6-15)19-8-3-4-9-19;/h3-13H2,1-2H3,(H2,16,17,18);1H. The minimum absolute atomic E-state index is 0. The Morgan fingerprint density at radius 3 is 2.50 bits per heavy atom. The second-order valence-corrected chi connectivity index (χ2v) is 5.88. The average molecular weight is 426 g/mol. The van der Waals surface area contributed by atoms with Crippen molar-refractivity contribution in [3.05, 3.63) is 0 Å².